The third kappa shape index (κ3) is 2.95. The lowest BCUT2D eigenvalue weighted by atomic mass is 9.94. The zero-order chi connectivity index (χ0) is 11.4. The molecular formula is C12H18BrNO. The largest absolute Gasteiger partial charge is 0.496 e. The number of rotatable bonds is 4. The van der Waals surface area contributed by atoms with Gasteiger partial charge in [0.15, 0.2) is 0 Å². The minimum Gasteiger partial charge on any atom is -0.496 e. The molecule has 0 unspecified atom stereocenters. The molecule has 0 radical (unpaired) electrons. The van der Waals surface area contributed by atoms with Crippen molar-refractivity contribution in [1.82, 2.24) is 0 Å². The summed E-state index contributed by atoms with van der Waals surface area (Å²) >= 11 is 3.49. The fraction of sp³-hybridized carbons (Fsp3) is 0.500. The van der Waals surface area contributed by atoms with E-state index in [1.807, 2.05) is 6.07 Å². The summed E-state index contributed by atoms with van der Waals surface area (Å²) in [5, 5.41) is 0. The van der Waals surface area contributed by atoms with Crippen LogP contribution in [0.2, 0.25) is 0 Å². The van der Waals surface area contributed by atoms with Crippen LogP contribution in [0.1, 0.15) is 30.9 Å². The smallest absolute Gasteiger partial charge is 0.123 e. The van der Waals surface area contributed by atoms with Crippen molar-refractivity contribution >= 4 is 15.9 Å². The van der Waals surface area contributed by atoms with E-state index in [4.69, 9.17) is 10.5 Å². The first-order valence-corrected chi connectivity index (χ1v) is 5.95. The van der Waals surface area contributed by atoms with Gasteiger partial charge in [0.1, 0.15) is 5.75 Å². The van der Waals surface area contributed by atoms with E-state index in [9.17, 15) is 0 Å². The maximum atomic E-state index is 5.62. The number of benzene rings is 1. The Labute approximate surface area is 99.9 Å². The Morgan fingerprint density at radius 2 is 2.07 bits per heavy atom. The van der Waals surface area contributed by atoms with Crippen LogP contribution in [0, 0.1) is 0 Å². The van der Waals surface area contributed by atoms with E-state index in [1.165, 1.54) is 11.1 Å². The monoisotopic (exact) mass is 271 g/mol. The highest BCUT2D eigenvalue weighted by Gasteiger charge is 2.13. The van der Waals surface area contributed by atoms with Gasteiger partial charge in [0, 0.05) is 4.47 Å². The molecule has 0 aliphatic rings. The van der Waals surface area contributed by atoms with Gasteiger partial charge in [-0.05, 0) is 42.1 Å². The second-order valence-corrected chi connectivity index (χ2v) is 4.79. The minimum atomic E-state index is 0.453. The van der Waals surface area contributed by atoms with Crippen LogP contribution in [-0.4, -0.2) is 13.7 Å². The van der Waals surface area contributed by atoms with E-state index in [-0.39, 0.29) is 0 Å². The second kappa shape index (κ2) is 5.52. The van der Waals surface area contributed by atoms with Gasteiger partial charge in [-0.25, -0.2) is 0 Å². The summed E-state index contributed by atoms with van der Waals surface area (Å²) in [6.45, 7) is 5.01. The molecule has 0 spiro atoms. The first-order valence-electron chi connectivity index (χ1n) is 5.16. The molecule has 0 atom stereocenters. The molecule has 1 aromatic carbocycles. The van der Waals surface area contributed by atoms with Crippen LogP contribution < -0.4 is 10.5 Å². The molecule has 3 heteroatoms. The summed E-state index contributed by atoms with van der Waals surface area (Å²) in [5.74, 6) is 1.40. The maximum Gasteiger partial charge on any atom is 0.123 e. The predicted octanol–water partition coefficient (Wildman–Crippen LogP) is 3.08. The highest BCUT2D eigenvalue weighted by atomic mass is 79.9. The number of ether oxygens (including phenoxy) is 1. The van der Waals surface area contributed by atoms with E-state index < -0.39 is 0 Å². The normalized spacial score (nSPS) is 10.8. The Morgan fingerprint density at radius 1 is 1.40 bits per heavy atom. The SMILES string of the molecule is COc1cc(Br)cc(CCN)c1C(C)C. The molecule has 1 aromatic rings. The van der Waals surface area contributed by atoms with Gasteiger partial charge in [0.2, 0.25) is 0 Å². The molecular weight excluding hydrogens is 254 g/mol. The van der Waals surface area contributed by atoms with Crippen molar-refractivity contribution in [3.05, 3.63) is 27.7 Å². The molecule has 0 aliphatic carbocycles. The Balaban J connectivity index is 3.26. The fourth-order valence-electron chi connectivity index (χ4n) is 1.83. The molecule has 84 valence electrons. The molecule has 0 heterocycles. The van der Waals surface area contributed by atoms with Gasteiger partial charge >= 0.3 is 0 Å². The van der Waals surface area contributed by atoms with Crippen molar-refractivity contribution in [3.63, 3.8) is 0 Å². The zero-order valence-corrected chi connectivity index (χ0v) is 11.1. The molecule has 0 saturated heterocycles. The average Bonchev–Trinajstić information content (AvgIpc) is 2.16. The van der Waals surface area contributed by atoms with Crippen molar-refractivity contribution in [3.8, 4) is 5.75 Å². The Bertz CT molecular complexity index is 337. The molecule has 15 heavy (non-hydrogen) atoms. The summed E-state index contributed by atoms with van der Waals surface area (Å²) in [6.07, 6.45) is 0.892. The lowest BCUT2D eigenvalue weighted by Gasteiger charge is -2.17. The average molecular weight is 272 g/mol. The molecule has 0 amide bonds. The standard InChI is InChI=1S/C12H18BrNO/c1-8(2)12-9(4-5-14)6-10(13)7-11(12)15-3/h6-8H,4-5,14H2,1-3H3. The molecule has 2 N–H and O–H groups in total. The van der Waals surface area contributed by atoms with E-state index in [1.54, 1.807) is 7.11 Å². The lowest BCUT2D eigenvalue weighted by Crippen LogP contribution is -2.07. The minimum absolute atomic E-state index is 0.453. The molecule has 2 nitrogen and oxygen atoms in total. The van der Waals surface area contributed by atoms with Crippen LogP contribution in [-0.2, 0) is 6.42 Å². The third-order valence-corrected chi connectivity index (χ3v) is 2.86. The Hall–Kier alpha value is -0.540. The first-order chi connectivity index (χ1) is 7.10. The van der Waals surface area contributed by atoms with Crippen molar-refractivity contribution < 1.29 is 4.74 Å². The maximum absolute atomic E-state index is 5.62. The van der Waals surface area contributed by atoms with Crippen LogP contribution in [0.5, 0.6) is 5.75 Å². The van der Waals surface area contributed by atoms with Crippen LogP contribution in [0.15, 0.2) is 16.6 Å². The van der Waals surface area contributed by atoms with Crippen molar-refractivity contribution in [2.75, 3.05) is 13.7 Å². The Kier molecular flexibility index (Phi) is 4.61. The zero-order valence-electron chi connectivity index (χ0n) is 9.51. The van der Waals surface area contributed by atoms with Crippen LogP contribution in [0.25, 0.3) is 0 Å². The summed E-state index contributed by atoms with van der Waals surface area (Å²) in [7, 11) is 1.71. The van der Waals surface area contributed by atoms with E-state index >= 15 is 0 Å². The van der Waals surface area contributed by atoms with E-state index in [0.717, 1.165) is 16.6 Å². The van der Waals surface area contributed by atoms with Crippen LogP contribution in [0.4, 0.5) is 0 Å². The number of halogens is 1. The second-order valence-electron chi connectivity index (χ2n) is 3.87. The number of hydrogen-bond donors (Lipinski definition) is 1. The summed E-state index contributed by atoms with van der Waals surface area (Å²) in [5.41, 5.74) is 8.16. The van der Waals surface area contributed by atoms with Gasteiger partial charge in [-0.2, -0.15) is 0 Å². The highest BCUT2D eigenvalue weighted by molar-refractivity contribution is 9.10. The molecule has 0 aromatic heterocycles. The topological polar surface area (TPSA) is 35.2 Å². The number of nitrogens with two attached hydrogens (primary N) is 1. The van der Waals surface area contributed by atoms with Crippen molar-refractivity contribution in [1.29, 1.82) is 0 Å². The fourth-order valence-corrected chi connectivity index (χ4v) is 2.32. The first kappa shape index (κ1) is 12.5. The van der Waals surface area contributed by atoms with Gasteiger partial charge in [-0.3, -0.25) is 0 Å². The summed E-state index contributed by atoms with van der Waals surface area (Å²) < 4.78 is 6.45. The molecule has 0 fully saturated rings. The molecule has 0 aliphatic heterocycles. The van der Waals surface area contributed by atoms with Crippen LogP contribution in [0.3, 0.4) is 0 Å². The van der Waals surface area contributed by atoms with Crippen LogP contribution >= 0.6 is 15.9 Å². The third-order valence-electron chi connectivity index (χ3n) is 2.40. The van der Waals surface area contributed by atoms with Gasteiger partial charge in [-0.1, -0.05) is 29.8 Å². The lowest BCUT2D eigenvalue weighted by molar-refractivity contribution is 0.406. The molecule has 0 bridgehead atoms. The van der Waals surface area contributed by atoms with Gasteiger partial charge < -0.3 is 10.5 Å². The van der Waals surface area contributed by atoms with Crippen molar-refractivity contribution in [2.24, 2.45) is 5.73 Å². The van der Waals surface area contributed by atoms with E-state index in [2.05, 4.69) is 35.8 Å². The Morgan fingerprint density at radius 3 is 2.53 bits per heavy atom. The summed E-state index contributed by atoms with van der Waals surface area (Å²) in [6, 6.07) is 4.14. The predicted molar refractivity (Wildman–Crippen MR) is 67.5 cm³/mol. The van der Waals surface area contributed by atoms with E-state index in [0.29, 0.717) is 12.5 Å². The quantitative estimate of drug-likeness (QED) is 0.914. The molecule has 1 rings (SSSR count). The van der Waals surface area contributed by atoms with Gasteiger partial charge in [-0.15, -0.1) is 0 Å². The van der Waals surface area contributed by atoms with Gasteiger partial charge in [0.25, 0.3) is 0 Å². The highest BCUT2D eigenvalue weighted by Crippen LogP contribution is 2.33. The summed E-state index contributed by atoms with van der Waals surface area (Å²) in [4.78, 5) is 0. The molecule has 0 saturated carbocycles. The van der Waals surface area contributed by atoms with Gasteiger partial charge in [0.05, 0.1) is 7.11 Å². The number of hydrogen-bond acceptors (Lipinski definition) is 2. The number of methoxy groups -OCH3 is 1. The van der Waals surface area contributed by atoms with Crippen molar-refractivity contribution in [2.45, 2.75) is 26.2 Å².